The highest BCUT2D eigenvalue weighted by Crippen LogP contribution is 2.27. The predicted octanol–water partition coefficient (Wildman–Crippen LogP) is 2.97. The quantitative estimate of drug-likeness (QED) is 0.857. The lowest BCUT2D eigenvalue weighted by Gasteiger charge is -2.10. The zero-order chi connectivity index (χ0) is 13.0. The van der Waals surface area contributed by atoms with Gasteiger partial charge in [-0.1, -0.05) is 25.1 Å². The van der Waals surface area contributed by atoms with Crippen LogP contribution >= 0.6 is 11.8 Å². The predicted molar refractivity (Wildman–Crippen MR) is 73.5 cm³/mol. The molecule has 0 aliphatic heterocycles. The molecule has 0 fully saturated rings. The molecule has 2 rings (SSSR count). The van der Waals surface area contributed by atoms with Crippen LogP contribution in [0.3, 0.4) is 0 Å². The molecule has 0 radical (unpaired) electrons. The van der Waals surface area contributed by atoms with Gasteiger partial charge in [0.1, 0.15) is 0 Å². The third-order valence-corrected chi connectivity index (χ3v) is 3.76. The van der Waals surface area contributed by atoms with E-state index in [1.165, 1.54) is 0 Å². The van der Waals surface area contributed by atoms with Crippen LogP contribution in [0.4, 0.5) is 0 Å². The summed E-state index contributed by atoms with van der Waals surface area (Å²) in [5, 5.41) is 20.1. The van der Waals surface area contributed by atoms with E-state index in [0.717, 1.165) is 22.3 Å². The second-order valence-electron chi connectivity index (χ2n) is 4.08. The van der Waals surface area contributed by atoms with Crippen LogP contribution in [0.5, 0.6) is 0 Å². The van der Waals surface area contributed by atoms with Gasteiger partial charge >= 0.3 is 0 Å². The number of hydrogen-bond acceptors (Lipinski definition) is 4. The minimum absolute atomic E-state index is 0.173. The standard InChI is InChI=1S/C14H14N2OS/c1-10(6-7-17)18-14-8-11(9-15)12-4-2-3-5-13(12)16-14/h2-5,8,10,17H,6-7H2,1H3. The van der Waals surface area contributed by atoms with Gasteiger partial charge < -0.3 is 5.11 Å². The van der Waals surface area contributed by atoms with Crippen LogP contribution in [-0.2, 0) is 0 Å². The van der Waals surface area contributed by atoms with Gasteiger partial charge in [-0.3, -0.25) is 0 Å². The number of benzene rings is 1. The highest BCUT2D eigenvalue weighted by Gasteiger charge is 2.09. The maximum atomic E-state index is 9.17. The largest absolute Gasteiger partial charge is 0.396 e. The highest BCUT2D eigenvalue weighted by atomic mass is 32.2. The van der Waals surface area contributed by atoms with E-state index < -0.39 is 0 Å². The topological polar surface area (TPSA) is 56.9 Å². The van der Waals surface area contributed by atoms with Crippen molar-refractivity contribution < 1.29 is 5.11 Å². The number of nitrogens with zero attached hydrogens (tertiary/aromatic N) is 2. The zero-order valence-corrected chi connectivity index (χ0v) is 10.9. The molecule has 0 bridgehead atoms. The van der Waals surface area contributed by atoms with Crippen LogP contribution < -0.4 is 0 Å². The van der Waals surface area contributed by atoms with Crippen molar-refractivity contribution >= 4 is 22.7 Å². The van der Waals surface area contributed by atoms with E-state index in [1.54, 1.807) is 11.8 Å². The molecule has 1 atom stereocenters. The van der Waals surface area contributed by atoms with Crippen molar-refractivity contribution in [2.45, 2.75) is 23.6 Å². The lowest BCUT2D eigenvalue weighted by Crippen LogP contribution is -2.00. The minimum atomic E-state index is 0.173. The number of para-hydroxylation sites is 1. The number of nitriles is 1. The number of fused-ring (bicyclic) bond motifs is 1. The lowest BCUT2D eigenvalue weighted by molar-refractivity contribution is 0.289. The molecule has 1 heterocycles. The number of aliphatic hydroxyl groups is 1. The van der Waals surface area contributed by atoms with Crippen LogP contribution in [0.15, 0.2) is 35.4 Å². The molecule has 0 aliphatic rings. The number of rotatable bonds is 4. The molecule has 1 N–H and O–H groups in total. The van der Waals surface area contributed by atoms with Gasteiger partial charge in [-0.15, -0.1) is 11.8 Å². The minimum Gasteiger partial charge on any atom is -0.396 e. The molecule has 4 heteroatoms. The van der Waals surface area contributed by atoms with Gasteiger partial charge in [-0.2, -0.15) is 5.26 Å². The van der Waals surface area contributed by atoms with Crippen molar-refractivity contribution in [3.63, 3.8) is 0 Å². The Morgan fingerprint density at radius 2 is 2.22 bits per heavy atom. The molecule has 0 saturated heterocycles. The molecule has 92 valence electrons. The summed E-state index contributed by atoms with van der Waals surface area (Å²) in [6, 6.07) is 11.7. The summed E-state index contributed by atoms with van der Waals surface area (Å²) in [6.45, 7) is 2.22. The average molecular weight is 258 g/mol. The summed E-state index contributed by atoms with van der Waals surface area (Å²) < 4.78 is 0. The van der Waals surface area contributed by atoms with Crippen molar-refractivity contribution in [1.82, 2.24) is 4.98 Å². The van der Waals surface area contributed by atoms with Crippen molar-refractivity contribution in [3.05, 3.63) is 35.9 Å². The molecule has 0 spiro atoms. The van der Waals surface area contributed by atoms with Crippen LogP contribution in [0.1, 0.15) is 18.9 Å². The smallest absolute Gasteiger partial charge is 0.0999 e. The molecular weight excluding hydrogens is 244 g/mol. The van der Waals surface area contributed by atoms with Gasteiger partial charge in [0.05, 0.1) is 22.2 Å². The summed E-state index contributed by atoms with van der Waals surface area (Å²) in [5.41, 5.74) is 1.49. The summed E-state index contributed by atoms with van der Waals surface area (Å²) in [6.07, 6.45) is 0.723. The summed E-state index contributed by atoms with van der Waals surface area (Å²) in [7, 11) is 0. The third kappa shape index (κ3) is 2.81. The van der Waals surface area contributed by atoms with E-state index in [0.29, 0.717) is 5.56 Å². The van der Waals surface area contributed by atoms with Crippen molar-refractivity contribution in [3.8, 4) is 6.07 Å². The van der Waals surface area contributed by atoms with Crippen LogP contribution in [0.25, 0.3) is 10.9 Å². The number of hydrogen-bond donors (Lipinski definition) is 1. The van der Waals surface area contributed by atoms with Gasteiger partial charge in [0.25, 0.3) is 0 Å². The van der Waals surface area contributed by atoms with E-state index in [9.17, 15) is 5.26 Å². The first kappa shape index (κ1) is 12.9. The van der Waals surface area contributed by atoms with Crippen LogP contribution in [-0.4, -0.2) is 21.9 Å². The molecular formula is C14H14N2OS. The van der Waals surface area contributed by atoms with Crippen molar-refractivity contribution in [2.24, 2.45) is 0 Å². The highest BCUT2D eigenvalue weighted by molar-refractivity contribution is 7.99. The molecule has 1 aromatic carbocycles. The lowest BCUT2D eigenvalue weighted by atomic mass is 10.1. The molecule has 0 saturated carbocycles. The maximum Gasteiger partial charge on any atom is 0.0999 e. The van der Waals surface area contributed by atoms with E-state index in [-0.39, 0.29) is 11.9 Å². The van der Waals surface area contributed by atoms with E-state index >= 15 is 0 Å². The molecule has 2 aromatic rings. The Balaban J connectivity index is 2.38. The zero-order valence-electron chi connectivity index (χ0n) is 10.1. The maximum absolute atomic E-state index is 9.17. The second-order valence-corrected chi connectivity index (χ2v) is 5.54. The van der Waals surface area contributed by atoms with Gasteiger partial charge in [0.2, 0.25) is 0 Å². The number of aromatic nitrogens is 1. The van der Waals surface area contributed by atoms with Crippen molar-refractivity contribution in [2.75, 3.05) is 6.61 Å². The first-order valence-electron chi connectivity index (χ1n) is 5.82. The van der Waals surface area contributed by atoms with E-state index in [4.69, 9.17) is 5.11 Å². The fourth-order valence-electron chi connectivity index (χ4n) is 1.75. The average Bonchev–Trinajstić information content (AvgIpc) is 2.38. The van der Waals surface area contributed by atoms with Gasteiger partial charge in [0.15, 0.2) is 0 Å². The summed E-state index contributed by atoms with van der Waals surface area (Å²) in [4.78, 5) is 4.54. The monoisotopic (exact) mass is 258 g/mol. The molecule has 0 amide bonds. The first-order chi connectivity index (χ1) is 8.74. The summed E-state index contributed by atoms with van der Waals surface area (Å²) in [5.74, 6) is 0. The summed E-state index contributed by atoms with van der Waals surface area (Å²) >= 11 is 1.59. The van der Waals surface area contributed by atoms with Gasteiger partial charge in [-0.25, -0.2) is 4.98 Å². The first-order valence-corrected chi connectivity index (χ1v) is 6.70. The second kappa shape index (κ2) is 5.85. The molecule has 1 aromatic heterocycles. The van der Waals surface area contributed by atoms with Crippen LogP contribution in [0.2, 0.25) is 0 Å². The fraction of sp³-hybridized carbons (Fsp3) is 0.286. The molecule has 1 unspecified atom stereocenters. The van der Waals surface area contributed by atoms with Crippen molar-refractivity contribution in [1.29, 1.82) is 5.26 Å². The molecule has 0 aliphatic carbocycles. The molecule has 3 nitrogen and oxygen atoms in total. The molecule has 18 heavy (non-hydrogen) atoms. The number of pyridine rings is 1. The number of thioether (sulfide) groups is 1. The Kier molecular flexibility index (Phi) is 4.19. The van der Waals surface area contributed by atoms with Gasteiger partial charge in [-0.05, 0) is 18.6 Å². The Morgan fingerprint density at radius 1 is 1.44 bits per heavy atom. The fourth-order valence-corrected chi connectivity index (χ4v) is 2.72. The Labute approximate surface area is 110 Å². The number of aliphatic hydroxyl groups excluding tert-OH is 1. The van der Waals surface area contributed by atoms with E-state index in [2.05, 4.69) is 11.1 Å². The Hall–Kier alpha value is -1.57. The SMILES string of the molecule is CC(CCO)Sc1cc(C#N)c2ccccc2n1. The van der Waals surface area contributed by atoms with Crippen LogP contribution in [0, 0.1) is 11.3 Å². The Bertz CT molecular complexity index is 592. The normalized spacial score (nSPS) is 12.3. The Morgan fingerprint density at radius 3 is 2.94 bits per heavy atom. The van der Waals surface area contributed by atoms with Gasteiger partial charge in [0, 0.05) is 17.2 Å². The third-order valence-electron chi connectivity index (χ3n) is 2.67. The van der Waals surface area contributed by atoms with E-state index in [1.807, 2.05) is 37.3 Å².